The molecule has 1 aromatic heterocycles. The number of benzene rings is 1. The summed E-state index contributed by atoms with van der Waals surface area (Å²) in [6, 6.07) is 9.34. The molecule has 0 atom stereocenters. The molecule has 1 N–H and O–H groups in total. The van der Waals surface area contributed by atoms with Crippen molar-refractivity contribution in [3.05, 3.63) is 52.0 Å². The average Bonchev–Trinajstić information content (AvgIpc) is 2.88. The molecule has 0 aliphatic carbocycles. The lowest BCUT2D eigenvalue weighted by atomic mass is 10.2. The summed E-state index contributed by atoms with van der Waals surface area (Å²) in [5.74, 6) is 0.0451. The van der Waals surface area contributed by atoms with Gasteiger partial charge in [0, 0.05) is 23.0 Å². The van der Waals surface area contributed by atoms with Gasteiger partial charge in [-0.05, 0) is 17.5 Å². The standard InChI is InChI=1S/C15H18FNOS/c1-11(2)17-9-12-5-3-7-14(16)15(12)18-10-13-6-4-8-19-13/h3-8,11,17H,9-10H2,1-2H3. The van der Waals surface area contributed by atoms with Crippen molar-refractivity contribution in [3.8, 4) is 5.75 Å². The fourth-order valence-electron chi connectivity index (χ4n) is 1.71. The highest BCUT2D eigenvalue weighted by Crippen LogP contribution is 2.24. The molecule has 4 heteroatoms. The minimum atomic E-state index is -0.306. The Hall–Kier alpha value is -1.39. The smallest absolute Gasteiger partial charge is 0.165 e. The maximum atomic E-state index is 13.9. The summed E-state index contributed by atoms with van der Waals surface area (Å²) in [6.07, 6.45) is 0. The summed E-state index contributed by atoms with van der Waals surface area (Å²) in [6.45, 7) is 5.14. The zero-order chi connectivity index (χ0) is 13.7. The normalized spacial score (nSPS) is 10.9. The molecule has 102 valence electrons. The van der Waals surface area contributed by atoms with Crippen LogP contribution in [0, 0.1) is 5.82 Å². The van der Waals surface area contributed by atoms with E-state index >= 15 is 0 Å². The van der Waals surface area contributed by atoms with Crippen LogP contribution in [0.25, 0.3) is 0 Å². The molecule has 0 aliphatic rings. The average molecular weight is 279 g/mol. The fourth-order valence-corrected chi connectivity index (χ4v) is 2.32. The van der Waals surface area contributed by atoms with Gasteiger partial charge in [-0.3, -0.25) is 0 Å². The molecule has 2 rings (SSSR count). The van der Waals surface area contributed by atoms with E-state index in [4.69, 9.17) is 4.74 Å². The van der Waals surface area contributed by atoms with Crippen LogP contribution in [0.4, 0.5) is 4.39 Å². The van der Waals surface area contributed by atoms with Gasteiger partial charge < -0.3 is 10.1 Å². The van der Waals surface area contributed by atoms with Crippen LogP contribution in [0.5, 0.6) is 5.75 Å². The number of para-hydroxylation sites is 1. The molecule has 0 radical (unpaired) electrons. The zero-order valence-electron chi connectivity index (χ0n) is 11.2. The van der Waals surface area contributed by atoms with E-state index in [1.165, 1.54) is 6.07 Å². The van der Waals surface area contributed by atoms with Gasteiger partial charge >= 0.3 is 0 Å². The number of halogens is 1. The first kappa shape index (κ1) is 14.0. The molecule has 2 nitrogen and oxygen atoms in total. The van der Waals surface area contributed by atoms with Gasteiger partial charge in [-0.15, -0.1) is 11.3 Å². The van der Waals surface area contributed by atoms with Crippen LogP contribution in [-0.2, 0) is 13.2 Å². The maximum absolute atomic E-state index is 13.9. The quantitative estimate of drug-likeness (QED) is 0.864. The number of thiophene rings is 1. The molecule has 0 unspecified atom stereocenters. The van der Waals surface area contributed by atoms with E-state index in [9.17, 15) is 4.39 Å². The van der Waals surface area contributed by atoms with Gasteiger partial charge in [0.2, 0.25) is 0 Å². The maximum Gasteiger partial charge on any atom is 0.165 e. The van der Waals surface area contributed by atoms with E-state index in [1.54, 1.807) is 17.4 Å². The first-order chi connectivity index (χ1) is 9.16. The largest absolute Gasteiger partial charge is 0.485 e. The highest BCUT2D eigenvalue weighted by atomic mass is 32.1. The van der Waals surface area contributed by atoms with Crippen LogP contribution in [-0.4, -0.2) is 6.04 Å². The third kappa shape index (κ3) is 4.04. The SMILES string of the molecule is CC(C)NCc1cccc(F)c1OCc1cccs1. The van der Waals surface area contributed by atoms with Crippen molar-refractivity contribution in [1.29, 1.82) is 0 Å². The first-order valence-electron chi connectivity index (χ1n) is 6.33. The lowest BCUT2D eigenvalue weighted by molar-refractivity contribution is 0.289. The second kappa shape index (κ2) is 6.68. The Kier molecular flexibility index (Phi) is 4.93. The molecule has 19 heavy (non-hydrogen) atoms. The van der Waals surface area contributed by atoms with Crippen molar-refractivity contribution in [2.24, 2.45) is 0 Å². The summed E-state index contributed by atoms with van der Waals surface area (Å²) in [5.41, 5.74) is 0.852. The van der Waals surface area contributed by atoms with Crippen molar-refractivity contribution < 1.29 is 9.13 Å². The van der Waals surface area contributed by atoms with Gasteiger partial charge in [-0.25, -0.2) is 4.39 Å². The molecule has 0 amide bonds. The van der Waals surface area contributed by atoms with Gasteiger partial charge in [-0.2, -0.15) is 0 Å². The Bertz CT molecular complexity index is 511. The van der Waals surface area contributed by atoms with Gasteiger partial charge in [-0.1, -0.05) is 32.0 Å². The van der Waals surface area contributed by atoms with Crippen LogP contribution in [0.15, 0.2) is 35.7 Å². The minimum absolute atomic E-state index is 0.306. The summed E-state index contributed by atoms with van der Waals surface area (Å²) >= 11 is 1.61. The van der Waals surface area contributed by atoms with E-state index in [0.29, 0.717) is 24.9 Å². The molecule has 0 bridgehead atoms. The lowest BCUT2D eigenvalue weighted by Crippen LogP contribution is -2.22. The summed E-state index contributed by atoms with van der Waals surface area (Å²) < 4.78 is 19.5. The van der Waals surface area contributed by atoms with Crippen molar-refractivity contribution in [2.75, 3.05) is 0 Å². The van der Waals surface area contributed by atoms with Gasteiger partial charge in [0.1, 0.15) is 6.61 Å². The summed E-state index contributed by atoms with van der Waals surface area (Å²) in [4.78, 5) is 1.09. The summed E-state index contributed by atoms with van der Waals surface area (Å²) in [7, 11) is 0. The molecule has 1 aromatic carbocycles. The molecule has 1 heterocycles. The third-order valence-electron chi connectivity index (χ3n) is 2.69. The number of hydrogen-bond acceptors (Lipinski definition) is 3. The molecule has 0 fully saturated rings. The Morgan fingerprint density at radius 3 is 2.79 bits per heavy atom. The zero-order valence-corrected chi connectivity index (χ0v) is 12.0. The van der Waals surface area contributed by atoms with Gasteiger partial charge in [0.25, 0.3) is 0 Å². The van der Waals surface area contributed by atoms with Crippen LogP contribution >= 0.6 is 11.3 Å². The molecule has 0 aliphatic heterocycles. The predicted molar refractivity (Wildman–Crippen MR) is 77.0 cm³/mol. The fraction of sp³-hybridized carbons (Fsp3) is 0.333. The number of hydrogen-bond donors (Lipinski definition) is 1. The molecular weight excluding hydrogens is 261 g/mol. The number of ether oxygens (including phenoxy) is 1. The summed E-state index contributed by atoms with van der Waals surface area (Å²) in [5, 5.41) is 5.27. The lowest BCUT2D eigenvalue weighted by Gasteiger charge is -2.14. The highest BCUT2D eigenvalue weighted by Gasteiger charge is 2.10. The topological polar surface area (TPSA) is 21.3 Å². The second-order valence-electron chi connectivity index (χ2n) is 4.63. The van der Waals surface area contributed by atoms with E-state index in [0.717, 1.165) is 10.4 Å². The van der Waals surface area contributed by atoms with Crippen LogP contribution < -0.4 is 10.1 Å². The predicted octanol–water partition coefficient (Wildman–Crippen LogP) is 3.96. The Balaban J connectivity index is 2.08. The molecule has 0 spiro atoms. The highest BCUT2D eigenvalue weighted by molar-refractivity contribution is 7.09. The molecular formula is C15H18FNOS. The van der Waals surface area contributed by atoms with Crippen LogP contribution in [0.2, 0.25) is 0 Å². The Morgan fingerprint density at radius 2 is 2.11 bits per heavy atom. The molecule has 0 saturated heterocycles. The van der Waals surface area contributed by atoms with Gasteiger partial charge in [0.05, 0.1) is 0 Å². The van der Waals surface area contributed by atoms with Crippen molar-refractivity contribution in [3.63, 3.8) is 0 Å². The molecule has 2 aromatic rings. The van der Waals surface area contributed by atoms with Crippen molar-refractivity contribution >= 4 is 11.3 Å². The van der Waals surface area contributed by atoms with Gasteiger partial charge in [0.15, 0.2) is 11.6 Å². The Labute approximate surface area is 117 Å². The second-order valence-corrected chi connectivity index (χ2v) is 5.66. The van der Waals surface area contributed by atoms with Crippen molar-refractivity contribution in [1.82, 2.24) is 5.32 Å². The Morgan fingerprint density at radius 1 is 1.26 bits per heavy atom. The van der Waals surface area contributed by atoms with Crippen LogP contribution in [0.1, 0.15) is 24.3 Å². The van der Waals surface area contributed by atoms with E-state index in [1.807, 2.05) is 23.6 Å². The van der Waals surface area contributed by atoms with Crippen LogP contribution in [0.3, 0.4) is 0 Å². The van der Waals surface area contributed by atoms with E-state index in [2.05, 4.69) is 19.2 Å². The third-order valence-corrected chi connectivity index (χ3v) is 3.54. The van der Waals surface area contributed by atoms with Crippen molar-refractivity contribution in [2.45, 2.75) is 33.0 Å². The number of rotatable bonds is 6. The monoisotopic (exact) mass is 279 g/mol. The molecule has 0 saturated carbocycles. The minimum Gasteiger partial charge on any atom is -0.485 e. The van der Waals surface area contributed by atoms with E-state index in [-0.39, 0.29) is 5.82 Å². The first-order valence-corrected chi connectivity index (χ1v) is 7.20. The number of nitrogens with one attached hydrogen (secondary N) is 1. The van der Waals surface area contributed by atoms with E-state index < -0.39 is 0 Å².